The molecule has 0 unspecified atom stereocenters. The molecule has 0 aliphatic carbocycles. The summed E-state index contributed by atoms with van der Waals surface area (Å²) in [5.41, 5.74) is 0. The molecule has 1 rings (SSSR count). The molecule has 0 aromatic heterocycles. The molecule has 1 aliphatic heterocycles. The van der Waals surface area contributed by atoms with Crippen LogP contribution in [0, 0.1) is 0 Å². The molecule has 1 aliphatic rings. The Bertz CT molecular complexity index is 68.4. The molecule has 1 saturated heterocycles. The molecule has 1 N–H and O–H groups in total. The number of hydrogen-bond donors (Lipinski definition) is 1. The van der Waals surface area contributed by atoms with Gasteiger partial charge in [0.05, 0.1) is 6.54 Å². The van der Waals surface area contributed by atoms with Gasteiger partial charge in [-0.15, -0.1) is 17.0 Å². The first kappa shape index (κ1) is 8.30. The summed E-state index contributed by atoms with van der Waals surface area (Å²) in [6.07, 6.45) is 0.00694. The van der Waals surface area contributed by atoms with Crippen molar-refractivity contribution in [2.24, 2.45) is 0 Å². The first-order valence-corrected chi connectivity index (χ1v) is 2.29. The summed E-state index contributed by atoms with van der Waals surface area (Å²) in [4.78, 5) is 0. The van der Waals surface area contributed by atoms with E-state index in [4.69, 9.17) is 0 Å². The van der Waals surface area contributed by atoms with Crippen LogP contribution in [0.25, 0.3) is 0 Å². The fourth-order valence-electron chi connectivity index (χ4n) is 0.631. The van der Waals surface area contributed by atoms with Crippen LogP contribution in [0.4, 0.5) is 8.78 Å². The molecule has 1 heterocycles. The molecule has 0 aromatic carbocycles. The van der Waals surface area contributed by atoms with Gasteiger partial charge >= 0.3 is 0 Å². The predicted molar refractivity (Wildman–Crippen MR) is 32.8 cm³/mol. The third kappa shape index (κ3) is 2.05. The number of alkyl halides is 2. The summed E-state index contributed by atoms with van der Waals surface area (Å²) in [6, 6.07) is 0. The summed E-state index contributed by atoms with van der Waals surface area (Å²) in [7, 11) is 0. The van der Waals surface area contributed by atoms with Gasteiger partial charge in [-0.1, -0.05) is 0 Å². The molecule has 8 heavy (non-hydrogen) atoms. The van der Waals surface area contributed by atoms with Gasteiger partial charge in [-0.05, 0) is 0 Å². The Labute approximate surface area is 57.2 Å². The lowest BCUT2D eigenvalue weighted by molar-refractivity contribution is 0.0238. The van der Waals surface area contributed by atoms with Crippen LogP contribution in [-0.4, -0.2) is 19.0 Å². The van der Waals surface area contributed by atoms with Crippen molar-refractivity contribution in [1.82, 2.24) is 5.32 Å². The van der Waals surface area contributed by atoms with Gasteiger partial charge in [0.25, 0.3) is 5.92 Å². The highest BCUT2D eigenvalue weighted by molar-refractivity contribution is 8.93. The van der Waals surface area contributed by atoms with Gasteiger partial charge in [0.15, 0.2) is 0 Å². The molecular weight excluding hydrogens is 180 g/mol. The monoisotopic (exact) mass is 187 g/mol. The highest BCUT2D eigenvalue weighted by atomic mass is 79.9. The Morgan fingerprint density at radius 1 is 1.38 bits per heavy atom. The molecule has 0 amide bonds. The van der Waals surface area contributed by atoms with E-state index in [2.05, 4.69) is 5.32 Å². The number of rotatable bonds is 0. The van der Waals surface area contributed by atoms with E-state index in [-0.39, 0.29) is 29.9 Å². The molecule has 0 spiro atoms. The Kier molecular flexibility index (Phi) is 2.83. The molecule has 1 fully saturated rings. The normalized spacial score (nSPS) is 24.8. The zero-order chi connectivity index (χ0) is 5.33. The minimum absolute atomic E-state index is 0. The first-order chi connectivity index (χ1) is 3.21. The van der Waals surface area contributed by atoms with Crippen molar-refractivity contribution < 1.29 is 8.78 Å². The first-order valence-electron chi connectivity index (χ1n) is 2.29. The lowest BCUT2D eigenvalue weighted by Crippen LogP contribution is -2.18. The van der Waals surface area contributed by atoms with E-state index >= 15 is 0 Å². The number of nitrogens with one attached hydrogen (secondary N) is 1. The van der Waals surface area contributed by atoms with Gasteiger partial charge in [0, 0.05) is 13.0 Å². The van der Waals surface area contributed by atoms with Crippen molar-refractivity contribution in [2.45, 2.75) is 12.3 Å². The molecule has 1 nitrogen and oxygen atoms in total. The number of halogens is 3. The standard InChI is InChI=1S/C4H7F2N.BrH/c5-4(6)1-2-7-3-4;/h7H,1-3H2;1H. The van der Waals surface area contributed by atoms with E-state index in [1.54, 1.807) is 0 Å². The zero-order valence-corrected chi connectivity index (χ0v) is 6.00. The van der Waals surface area contributed by atoms with E-state index in [0.29, 0.717) is 6.54 Å². The van der Waals surface area contributed by atoms with Gasteiger partial charge in [-0.3, -0.25) is 0 Å². The topological polar surface area (TPSA) is 12.0 Å². The quantitative estimate of drug-likeness (QED) is 0.602. The summed E-state index contributed by atoms with van der Waals surface area (Å²) < 4.78 is 23.8. The van der Waals surface area contributed by atoms with Crippen molar-refractivity contribution in [3.8, 4) is 0 Å². The van der Waals surface area contributed by atoms with Crippen LogP contribution in [-0.2, 0) is 0 Å². The summed E-state index contributed by atoms with van der Waals surface area (Å²) in [5, 5.41) is 2.56. The maximum absolute atomic E-state index is 11.9. The van der Waals surface area contributed by atoms with Crippen molar-refractivity contribution in [1.29, 1.82) is 0 Å². The SMILES string of the molecule is Br.FC1(F)CCNC1. The minimum Gasteiger partial charge on any atom is -0.311 e. The Balaban J connectivity index is 0.000000490. The third-order valence-electron chi connectivity index (χ3n) is 1.05. The highest BCUT2D eigenvalue weighted by Crippen LogP contribution is 2.19. The van der Waals surface area contributed by atoms with Gasteiger partial charge in [0.2, 0.25) is 0 Å². The fraction of sp³-hybridized carbons (Fsp3) is 1.00. The molecule has 50 valence electrons. The minimum atomic E-state index is -2.42. The number of hydrogen-bond acceptors (Lipinski definition) is 1. The van der Waals surface area contributed by atoms with Crippen LogP contribution in [0.1, 0.15) is 6.42 Å². The molecule has 0 saturated carbocycles. The fourth-order valence-corrected chi connectivity index (χ4v) is 0.631. The maximum Gasteiger partial charge on any atom is 0.261 e. The van der Waals surface area contributed by atoms with Gasteiger partial charge < -0.3 is 5.32 Å². The smallest absolute Gasteiger partial charge is 0.261 e. The Morgan fingerprint density at radius 3 is 2.12 bits per heavy atom. The molecule has 0 aromatic rings. The van der Waals surface area contributed by atoms with Crippen LogP contribution in [0.3, 0.4) is 0 Å². The van der Waals surface area contributed by atoms with Crippen molar-refractivity contribution >= 4 is 17.0 Å². The van der Waals surface area contributed by atoms with Crippen LogP contribution < -0.4 is 5.32 Å². The second kappa shape index (κ2) is 2.73. The third-order valence-corrected chi connectivity index (χ3v) is 1.05. The van der Waals surface area contributed by atoms with Crippen LogP contribution in [0.15, 0.2) is 0 Å². The lowest BCUT2D eigenvalue weighted by Gasteiger charge is -2.02. The van der Waals surface area contributed by atoms with Gasteiger partial charge in [-0.25, -0.2) is 8.78 Å². The second-order valence-electron chi connectivity index (χ2n) is 1.78. The van der Waals surface area contributed by atoms with Crippen LogP contribution >= 0.6 is 17.0 Å². The average molecular weight is 188 g/mol. The Hall–Kier alpha value is 0.300. The maximum atomic E-state index is 11.9. The van der Waals surface area contributed by atoms with Gasteiger partial charge in [-0.2, -0.15) is 0 Å². The van der Waals surface area contributed by atoms with Gasteiger partial charge in [0.1, 0.15) is 0 Å². The summed E-state index contributed by atoms with van der Waals surface area (Å²) in [5.74, 6) is -2.42. The van der Waals surface area contributed by atoms with Crippen LogP contribution in [0.5, 0.6) is 0 Å². The van der Waals surface area contributed by atoms with Crippen molar-refractivity contribution in [3.05, 3.63) is 0 Å². The van der Waals surface area contributed by atoms with Crippen molar-refractivity contribution in [2.75, 3.05) is 13.1 Å². The van der Waals surface area contributed by atoms with E-state index < -0.39 is 5.92 Å². The molecule has 4 heteroatoms. The molecular formula is C4H8BrF2N. The highest BCUT2D eigenvalue weighted by Gasteiger charge is 2.32. The summed E-state index contributed by atoms with van der Waals surface area (Å²) in [6.45, 7) is 0.333. The van der Waals surface area contributed by atoms with E-state index in [9.17, 15) is 8.78 Å². The molecule has 0 atom stereocenters. The Morgan fingerprint density at radius 2 is 2.00 bits per heavy atom. The van der Waals surface area contributed by atoms with Crippen LogP contribution in [0.2, 0.25) is 0 Å². The van der Waals surface area contributed by atoms with E-state index in [0.717, 1.165) is 0 Å². The van der Waals surface area contributed by atoms with E-state index in [1.807, 2.05) is 0 Å². The zero-order valence-electron chi connectivity index (χ0n) is 4.29. The lowest BCUT2D eigenvalue weighted by atomic mass is 10.3. The largest absolute Gasteiger partial charge is 0.311 e. The average Bonchev–Trinajstić information content (AvgIpc) is 1.84. The summed E-state index contributed by atoms with van der Waals surface area (Å²) >= 11 is 0. The second-order valence-corrected chi connectivity index (χ2v) is 1.78. The molecule has 0 radical (unpaired) electrons. The molecule has 0 bridgehead atoms. The van der Waals surface area contributed by atoms with Crippen molar-refractivity contribution in [3.63, 3.8) is 0 Å². The predicted octanol–water partition coefficient (Wildman–Crippen LogP) is 1.19. The van der Waals surface area contributed by atoms with E-state index in [1.165, 1.54) is 0 Å².